The number of rotatable bonds is 4. The van der Waals surface area contributed by atoms with Crippen LogP contribution in [0.5, 0.6) is 0 Å². The first-order chi connectivity index (χ1) is 14.1. The number of piperidine rings is 1. The lowest BCUT2D eigenvalue weighted by Gasteiger charge is -2.43. The van der Waals surface area contributed by atoms with E-state index in [2.05, 4.69) is 48.2 Å². The predicted octanol–water partition coefficient (Wildman–Crippen LogP) is 3.79. The van der Waals surface area contributed by atoms with Crippen LogP contribution >= 0.6 is 0 Å². The Balaban J connectivity index is 1.43. The maximum Gasteiger partial charge on any atom is 0.250 e. The van der Waals surface area contributed by atoms with Gasteiger partial charge in [-0.2, -0.15) is 0 Å². The second kappa shape index (κ2) is 7.23. The second-order valence-corrected chi connectivity index (χ2v) is 8.61. The third-order valence-electron chi connectivity index (χ3n) is 6.31. The first-order valence-electron chi connectivity index (χ1n) is 10.3. The van der Waals surface area contributed by atoms with Gasteiger partial charge in [0.25, 0.3) is 5.56 Å². The molecular weight excluding hydrogens is 362 g/mol. The van der Waals surface area contributed by atoms with E-state index in [9.17, 15) is 4.79 Å². The van der Waals surface area contributed by atoms with Crippen molar-refractivity contribution >= 4 is 5.69 Å². The second-order valence-electron chi connectivity index (χ2n) is 8.61. The van der Waals surface area contributed by atoms with Crippen molar-refractivity contribution in [1.29, 1.82) is 0 Å². The van der Waals surface area contributed by atoms with Gasteiger partial charge in [0.05, 0.1) is 6.26 Å². The Morgan fingerprint density at radius 1 is 1.03 bits per heavy atom. The van der Waals surface area contributed by atoms with Gasteiger partial charge in [0, 0.05) is 69.2 Å². The molecule has 150 valence electrons. The van der Waals surface area contributed by atoms with E-state index in [4.69, 9.17) is 4.42 Å². The third kappa shape index (κ3) is 3.40. The number of anilines is 1. The van der Waals surface area contributed by atoms with E-state index in [1.165, 1.54) is 11.3 Å². The van der Waals surface area contributed by atoms with Gasteiger partial charge in [-0.25, -0.2) is 0 Å². The molecule has 0 aliphatic carbocycles. The van der Waals surface area contributed by atoms with Crippen LogP contribution in [0, 0.1) is 5.92 Å². The quantitative estimate of drug-likeness (QED) is 0.681. The highest BCUT2D eigenvalue weighted by Crippen LogP contribution is 2.40. The molecule has 29 heavy (non-hydrogen) atoms. The monoisotopic (exact) mass is 389 g/mol. The lowest BCUT2D eigenvalue weighted by atomic mass is 9.81. The van der Waals surface area contributed by atoms with Gasteiger partial charge in [-0.3, -0.25) is 9.69 Å². The Kier molecular flexibility index (Phi) is 4.55. The molecule has 1 fully saturated rings. The molecule has 2 aliphatic heterocycles. The maximum atomic E-state index is 12.6. The number of furan rings is 1. The molecule has 1 aromatic carbocycles. The Morgan fingerprint density at radius 3 is 2.59 bits per heavy atom. The summed E-state index contributed by atoms with van der Waals surface area (Å²) < 4.78 is 7.68. The molecule has 2 atom stereocenters. The molecule has 2 bridgehead atoms. The van der Waals surface area contributed by atoms with Crippen molar-refractivity contribution in [3.8, 4) is 11.3 Å². The minimum absolute atomic E-state index is 0.109. The van der Waals surface area contributed by atoms with E-state index in [0.29, 0.717) is 11.8 Å². The first-order valence-corrected chi connectivity index (χ1v) is 10.3. The lowest BCUT2D eigenvalue weighted by molar-refractivity contribution is 0.114. The van der Waals surface area contributed by atoms with Gasteiger partial charge in [-0.05, 0) is 48.2 Å². The van der Waals surface area contributed by atoms with Gasteiger partial charge in [0.2, 0.25) is 0 Å². The van der Waals surface area contributed by atoms with Crippen LogP contribution in [0.3, 0.4) is 0 Å². The third-order valence-corrected chi connectivity index (χ3v) is 6.31. The van der Waals surface area contributed by atoms with E-state index in [-0.39, 0.29) is 5.56 Å². The fraction of sp³-hybridized carbons (Fsp3) is 0.375. The molecule has 0 amide bonds. The summed E-state index contributed by atoms with van der Waals surface area (Å²) in [5, 5.41) is 0. The molecule has 0 saturated carbocycles. The van der Waals surface area contributed by atoms with Gasteiger partial charge >= 0.3 is 0 Å². The fourth-order valence-electron chi connectivity index (χ4n) is 5.04. The summed E-state index contributed by atoms with van der Waals surface area (Å²) in [4.78, 5) is 17.3. The zero-order valence-electron chi connectivity index (χ0n) is 17.0. The number of pyridine rings is 1. The number of likely N-dealkylation sites (tertiary alicyclic amines) is 1. The number of benzene rings is 1. The highest BCUT2D eigenvalue weighted by Gasteiger charge is 2.36. The minimum Gasteiger partial charge on any atom is -0.464 e. The summed E-state index contributed by atoms with van der Waals surface area (Å²) in [5.41, 5.74) is 4.89. The average molecular weight is 389 g/mol. The highest BCUT2D eigenvalue weighted by atomic mass is 16.3. The van der Waals surface area contributed by atoms with Crippen molar-refractivity contribution in [3.63, 3.8) is 0 Å². The van der Waals surface area contributed by atoms with Gasteiger partial charge in [0.1, 0.15) is 5.76 Å². The van der Waals surface area contributed by atoms with Crippen LogP contribution in [0.1, 0.15) is 23.6 Å². The summed E-state index contributed by atoms with van der Waals surface area (Å²) in [7, 11) is 4.13. The van der Waals surface area contributed by atoms with E-state index >= 15 is 0 Å². The van der Waals surface area contributed by atoms with Crippen LogP contribution in [0.15, 0.2) is 64.0 Å². The van der Waals surface area contributed by atoms with Crippen LogP contribution in [-0.4, -0.2) is 36.7 Å². The van der Waals surface area contributed by atoms with Crippen LogP contribution in [0.25, 0.3) is 11.3 Å². The molecule has 5 heteroatoms. The fourth-order valence-corrected chi connectivity index (χ4v) is 5.04. The zero-order chi connectivity index (χ0) is 20.0. The van der Waals surface area contributed by atoms with Crippen molar-refractivity contribution in [2.24, 2.45) is 5.92 Å². The normalized spacial score (nSPS) is 21.0. The van der Waals surface area contributed by atoms with Gasteiger partial charge in [0.15, 0.2) is 0 Å². The molecule has 0 unspecified atom stereocenters. The molecule has 2 aromatic heterocycles. The Bertz CT molecular complexity index is 1050. The Morgan fingerprint density at radius 2 is 1.86 bits per heavy atom. The van der Waals surface area contributed by atoms with E-state index in [1.807, 2.05) is 22.8 Å². The van der Waals surface area contributed by atoms with Crippen molar-refractivity contribution in [3.05, 3.63) is 76.4 Å². The molecule has 4 heterocycles. The molecule has 5 nitrogen and oxygen atoms in total. The predicted molar refractivity (Wildman–Crippen MR) is 115 cm³/mol. The molecule has 5 rings (SSSR count). The van der Waals surface area contributed by atoms with E-state index < -0.39 is 0 Å². The summed E-state index contributed by atoms with van der Waals surface area (Å²) >= 11 is 0. The number of hydrogen-bond donors (Lipinski definition) is 0. The maximum absolute atomic E-state index is 12.6. The van der Waals surface area contributed by atoms with E-state index in [0.717, 1.165) is 49.6 Å². The van der Waals surface area contributed by atoms with Gasteiger partial charge < -0.3 is 13.9 Å². The molecular formula is C24H27N3O2. The average Bonchev–Trinajstić information content (AvgIpc) is 3.24. The molecule has 3 aromatic rings. The number of nitrogens with zero attached hydrogens (tertiary/aromatic N) is 3. The first kappa shape index (κ1) is 18.3. The summed E-state index contributed by atoms with van der Waals surface area (Å²) in [6.07, 6.45) is 2.85. The van der Waals surface area contributed by atoms with Crippen molar-refractivity contribution in [2.45, 2.75) is 25.4 Å². The SMILES string of the molecule is CN(C)c1ccc(CN2C[C@@H]3C[C@H](C2)c2c(-c4ccco4)ccc(=O)n2C3)cc1. The zero-order valence-corrected chi connectivity index (χ0v) is 17.0. The Hall–Kier alpha value is -2.79. The highest BCUT2D eigenvalue weighted by molar-refractivity contribution is 5.61. The lowest BCUT2D eigenvalue weighted by Crippen LogP contribution is -2.47. The molecule has 2 aliphatic rings. The topological polar surface area (TPSA) is 41.6 Å². The van der Waals surface area contributed by atoms with Crippen LogP contribution < -0.4 is 10.5 Å². The summed E-state index contributed by atoms with van der Waals surface area (Å²) in [6, 6.07) is 16.3. The van der Waals surface area contributed by atoms with Crippen LogP contribution in [0.4, 0.5) is 5.69 Å². The van der Waals surface area contributed by atoms with Gasteiger partial charge in [-0.1, -0.05) is 12.1 Å². The molecule has 0 N–H and O–H groups in total. The molecule has 1 saturated heterocycles. The smallest absolute Gasteiger partial charge is 0.250 e. The van der Waals surface area contributed by atoms with E-state index in [1.54, 1.807) is 12.3 Å². The number of aromatic nitrogens is 1. The summed E-state index contributed by atoms with van der Waals surface area (Å²) in [5.74, 6) is 1.73. The number of hydrogen-bond acceptors (Lipinski definition) is 4. The van der Waals surface area contributed by atoms with Crippen molar-refractivity contribution < 1.29 is 4.42 Å². The molecule has 0 radical (unpaired) electrons. The minimum atomic E-state index is 0.109. The van der Waals surface area contributed by atoms with Crippen LogP contribution in [0.2, 0.25) is 0 Å². The summed E-state index contributed by atoms with van der Waals surface area (Å²) in [6.45, 7) is 3.77. The van der Waals surface area contributed by atoms with Gasteiger partial charge in [-0.15, -0.1) is 0 Å². The van der Waals surface area contributed by atoms with Crippen molar-refractivity contribution in [1.82, 2.24) is 9.47 Å². The Labute approximate surface area is 171 Å². The standard InChI is InChI=1S/C24H27N3O2/c1-25(2)20-7-5-17(6-8-20)13-26-14-18-12-19(16-26)24-21(22-4-3-11-29-22)9-10-23(28)27(24)15-18/h3-11,18-19H,12-16H2,1-2H3/t18-,19+/m0/s1. The van der Waals surface area contributed by atoms with Crippen molar-refractivity contribution in [2.75, 3.05) is 32.1 Å². The largest absolute Gasteiger partial charge is 0.464 e. The number of fused-ring (bicyclic) bond motifs is 4. The van der Waals surface area contributed by atoms with Crippen LogP contribution in [-0.2, 0) is 13.1 Å². The molecule has 0 spiro atoms.